The van der Waals surface area contributed by atoms with Crippen LogP contribution in [0.2, 0.25) is 0 Å². The van der Waals surface area contributed by atoms with Gasteiger partial charge >= 0.3 is 0 Å². The van der Waals surface area contributed by atoms with E-state index in [1.165, 1.54) is 0 Å². The molecule has 6 heteroatoms. The van der Waals surface area contributed by atoms with E-state index in [1.807, 2.05) is 25.2 Å². The molecule has 0 aromatic carbocycles. The van der Waals surface area contributed by atoms with Crippen molar-refractivity contribution in [3.8, 4) is 11.3 Å². The second-order valence-corrected chi connectivity index (χ2v) is 4.64. The molecule has 21 heavy (non-hydrogen) atoms. The van der Waals surface area contributed by atoms with E-state index < -0.39 is 0 Å². The van der Waals surface area contributed by atoms with E-state index in [4.69, 9.17) is 4.74 Å². The van der Waals surface area contributed by atoms with E-state index in [9.17, 15) is 0 Å². The first-order valence-electron chi connectivity index (χ1n) is 6.79. The monoisotopic (exact) mass is 283 g/mol. The Morgan fingerprint density at radius 3 is 2.95 bits per heavy atom. The third-order valence-electron chi connectivity index (χ3n) is 3.34. The van der Waals surface area contributed by atoms with Gasteiger partial charge in [0.15, 0.2) is 0 Å². The molecule has 0 fully saturated rings. The summed E-state index contributed by atoms with van der Waals surface area (Å²) in [5.41, 5.74) is 3.88. The first-order chi connectivity index (χ1) is 10.3. The van der Waals surface area contributed by atoms with Crippen LogP contribution in [0.4, 0.5) is 5.95 Å². The summed E-state index contributed by atoms with van der Waals surface area (Å²) in [5.74, 6) is 0.600. The standard InChI is InChI=1S/C15H17N5O/c1-16-15-18-8-5-11(20-15)13-10-4-3-7-17-14(10)19-12(13)6-9-21-2/h3-5,7-8H,6,9H2,1-2H3,(H,17,19)(H,16,18,20). The number of ether oxygens (including phenoxy) is 1. The van der Waals surface area contributed by atoms with Crippen LogP contribution < -0.4 is 5.32 Å². The number of aromatic amines is 1. The number of hydrogen-bond donors (Lipinski definition) is 2. The molecule has 0 aliphatic rings. The van der Waals surface area contributed by atoms with Crippen LogP contribution in [0.1, 0.15) is 5.69 Å². The van der Waals surface area contributed by atoms with Crippen molar-refractivity contribution < 1.29 is 4.74 Å². The quantitative estimate of drug-likeness (QED) is 0.751. The van der Waals surface area contributed by atoms with Crippen LogP contribution in [0.25, 0.3) is 22.3 Å². The van der Waals surface area contributed by atoms with Gasteiger partial charge < -0.3 is 15.0 Å². The van der Waals surface area contributed by atoms with E-state index in [-0.39, 0.29) is 0 Å². The number of pyridine rings is 1. The van der Waals surface area contributed by atoms with E-state index in [2.05, 4.69) is 25.3 Å². The predicted molar refractivity (Wildman–Crippen MR) is 82.2 cm³/mol. The highest BCUT2D eigenvalue weighted by Crippen LogP contribution is 2.30. The molecule has 0 unspecified atom stereocenters. The molecule has 3 aromatic rings. The summed E-state index contributed by atoms with van der Waals surface area (Å²) in [7, 11) is 3.51. The third-order valence-corrected chi connectivity index (χ3v) is 3.34. The fourth-order valence-corrected chi connectivity index (χ4v) is 2.38. The zero-order chi connectivity index (χ0) is 14.7. The number of hydrogen-bond acceptors (Lipinski definition) is 5. The summed E-state index contributed by atoms with van der Waals surface area (Å²) in [5, 5.41) is 4.03. The number of fused-ring (bicyclic) bond motifs is 1. The summed E-state index contributed by atoms with van der Waals surface area (Å²) < 4.78 is 5.19. The van der Waals surface area contributed by atoms with Crippen LogP contribution in [0, 0.1) is 0 Å². The largest absolute Gasteiger partial charge is 0.384 e. The molecule has 3 heterocycles. The number of nitrogens with zero attached hydrogens (tertiary/aromatic N) is 3. The van der Waals surface area contributed by atoms with Gasteiger partial charge in [-0.15, -0.1) is 0 Å². The van der Waals surface area contributed by atoms with Crippen molar-refractivity contribution >= 4 is 17.0 Å². The minimum atomic E-state index is 0.600. The predicted octanol–water partition coefficient (Wildman–Crippen LogP) is 2.25. The molecule has 0 aliphatic heterocycles. The molecule has 0 radical (unpaired) electrons. The summed E-state index contributed by atoms with van der Waals surface area (Å²) in [6.45, 7) is 0.643. The van der Waals surface area contributed by atoms with Gasteiger partial charge in [0, 0.05) is 49.6 Å². The van der Waals surface area contributed by atoms with Gasteiger partial charge in [-0.3, -0.25) is 0 Å². The van der Waals surface area contributed by atoms with E-state index in [1.54, 1.807) is 19.5 Å². The van der Waals surface area contributed by atoms with Gasteiger partial charge in [-0.25, -0.2) is 15.0 Å². The number of methoxy groups -OCH3 is 1. The van der Waals surface area contributed by atoms with Gasteiger partial charge in [-0.2, -0.15) is 0 Å². The molecular weight excluding hydrogens is 266 g/mol. The summed E-state index contributed by atoms with van der Waals surface area (Å²) in [6, 6.07) is 5.89. The van der Waals surface area contributed by atoms with Crippen molar-refractivity contribution in [3.05, 3.63) is 36.3 Å². The number of H-pyrrole nitrogens is 1. The van der Waals surface area contributed by atoms with Crippen molar-refractivity contribution in [2.45, 2.75) is 6.42 Å². The SMILES string of the molecule is CNc1nccc(-c2c(CCOC)[nH]c3ncccc23)n1. The molecule has 0 atom stereocenters. The number of anilines is 1. The molecule has 0 bridgehead atoms. The van der Waals surface area contributed by atoms with Gasteiger partial charge in [0.1, 0.15) is 5.65 Å². The Morgan fingerprint density at radius 2 is 2.14 bits per heavy atom. The van der Waals surface area contributed by atoms with E-state index >= 15 is 0 Å². The molecule has 2 N–H and O–H groups in total. The third kappa shape index (κ3) is 2.57. The average molecular weight is 283 g/mol. The van der Waals surface area contributed by atoms with Crippen LogP contribution in [0.3, 0.4) is 0 Å². The second kappa shape index (κ2) is 5.88. The Morgan fingerprint density at radius 1 is 1.24 bits per heavy atom. The van der Waals surface area contributed by atoms with Crippen LogP contribution in [0.5, 0.6) is 0 Å². The molecule has 0 aliphatic carbocycles. The smallest absolute Gasteiger partial charge is 0.222 e. The lowest BCUT2D eigenvalue weighted by atomic mass is 10.1. The lowest BCUT2D eigenvalue weighted by Crippen LogP contribution is -2.00. The van der Waals surface area contributed by atoms with Crippen LogP contribution in [-0.4, -0.2) is 40.7 Å². The molecule has 6 nitrogen and oxygen atoms in total. The van der Waals surface area contributed by atoms with Crippen molar-refractivity contribution in [1.29, 1.82) is 0 Å². The Hall–Kier alpha value is -2.47. The Balaban J connectivity index is 2.17. The van der Waals surface area contributed by atoms with Crippen molar-refractivity contribution in [3.63, 3.8) is 0 Å². The van der Waals surface area contributed by atoms with Crippen molar-refractivity contribution in [1.82, 2.24) is 19.9 Å². The van der Waals surface area contributed by atoms with Crippen LogP contribution in [-0.2, 0) is 11.2 Å². The molecule has 0 spiro atoms. The van der Waals surface area contributed by atoms with Crippen molar-refractivity contribution in [2.75, 3.05) is 26.1 Å². The molecular formula is C15H17N5O. The maximum atomic E-state index is 5.19. The first kappa shape index (κ1) is 13.5. The van der Waals surface area contributed by atoms with E-state index in [0.29, 0.717) is 12.6 Å². The Kier molecular flexibility index (Phi) is 3.79. The minimum Gasteiger partial charge on any atom is -0.384 e. The normalized spacial score (nSPS) is 11.0. The molecule has 0 saturated carbocycles. The van der Waals surface area contributed by atoms with Crippen molar-refractivity contribution in [2.24, 2.45) is 0 Å². The van der Waals surface area contributed by atoms with Crippen LogP contribution >= 0.6 is 0 Å². The average Bonchev–Trinajstić information content (AvgIpc) is 2.91. The first-order valence-corrected chi connectivity index (χ1v) is 6.79. The van der Waals surface area contributed by atoms with Gasteiger partial charge in [0.25, 0.3) is 0 Å². The fraction of sp³-hybridized carbons (Fsp3) is 0.267. The second-order valence-electron chi connectivity index (χ2n) is 4.64. The molecule has 3 rings (SSSR count). The highest BCUT2D eigenvalue weighted by molar-refractivity contribution is 5.94. The van der Waals surface area contributed by atoms with Crippen LogP contribution in [0.15, 0.2) is 30.6 Å². The topological polar surface area (TPSA) is 75.7 Å². The number of nitrogens with one attached hydrogen (secondary N) is 2. The molecule has 3 aromatic heterocycles. The number of rotatable bonds is 5. The maximum absolute atomic E-state index is 5.19. The lowest BCUT2D eigenvalue weighted by molar-refractivity contribution is 0.201. The Labute approximate surface area is 122 Å². The molecule has 0 amide bonds. The maximum Gasteiger partial charge on any atom is 0.222 e. The zero-order valence-electron chi connectivity index (χ0n) is 12.1. The van der Waals surface area contributed by atoms with Gasteiger partial charge in [-0.05, 0) is 18.2 Å². The highest BCUT2D eigenvalue weighted by Gasteiger charge is 2.15. The minimum absolute atomic E-state index is 0.600. The van der Waals surface area contributed by atoms with Gasteiger partial charge in [-0.1, -0.05) is 0 Å². The summed E-state index contributed by atoms with van der Waals surface area (Å²) in [6.07, 6.45) is 4.31. The lowest BCUT2D eigenvalue weighted by Gasteiger charge is -2.05. The van der Waals surface area contributed by atoms with Gasteiger partial charge in [0.05, 0.1) is 12.3 Å². The fourth-order valence-electron chi connectivity index (χ4n) is 2.38. The Bertz CT molecular complexity index is 753. The summed E-state index contributed by atoms with van der Waals surface area (Å²) in [4.78, 5) is 16.5. The summed E-state index contributed by atoms with van der Waals surface area (Å²) >= 11 is 0. The molecule has 0 saturated heterocycles. The van der Waals surface area contributed by atoms with E-state index in [0.717, 1.165) is 34.4 Å². The zero-order valence-corrected chi connectivity index (χ0v) is 12.1. The van der Waals surface area contributed by atoms with Gasteiger partial charge in [0.2, 0.25) is 5.95 Å². The number of aromatic nitrogens is 4. The molecule has 108 valence electrons. The highest BCUT2D eigenvalue weighted by atomic mass is 16.5.